The standard InChI is InChI=1S/C17H20ClN.ClH/c1-14(12-15-6-4-3-5-7-15)19(2)13-16-8-10-17(18)11-9-16;/h3-11,14H,12-13H2,1-2H3;1H. The minimum absolute atomic E-state index is 0. The molecule has 2 aromatic rings. The van der Waals surface area contributed by atoms with Crippen LogP contribution in [0, 0.1) is 0 Å². The van der Waals surface area contributed by atoms with E-state index in [9.17, 15) is 0 Å². The van der Waals surface area contributed by atoms with Gasteiger partial charge in [-0.2, -0.15) is 0 Å². The molecule has 0 aliphatic carbocycles. The molecule has 0 aromatic heterocycles. The molecule has 0 saturated heterocycles. The van der Waals surface area contributed by atoms with Crippen molar-refractivity contribution >= 4 is 24.0 Å². The highest BCUT2D eigenvalue weighted by molar-refractivity contribution is 6.30. The fourth-order valence-corrected chi connectivity index (χ4v) is 2.27. The van der Waals surface area contributed by atoms with Crippen LogP contribution in [0.4, 0.5) is 0 Å². The average Bonchev–Trinajstić information content (AvgIpc) is 2.42. The Morgan fingerprint density at radius 1 is 0.950 bits per heavy atom. The summed E-state index contributed by atoms with van der Waals surface area (Å²) in [5.74, 6) is 0. The lowest BCUT2D eigenvalue weighted by Gasteiger charge is -2.25. The van der Waals surface area contributed by atoms with E-state index in [-0.39, 0.29) is 12.4 Å². The van der Waals surface area contributed by atoms with E-state index in [1.807, 2.05) is 12.1 Å². The molecule has 108 valence electrons. The number of benzene rings is 2. The van der Waals surface area contributed by atoms with Crippen LogP contribution in [0.3, 0.4) is 0 Å². The van der Waals surface area contributed by atoms with Gasteiger partial charge < -0.3 is 0 Å². The van der Waals surface area contributed by atoms with E-state index in [2.05, 4.69) is 61.3 Å². The van der Waals surface area contributed by atoms with Gasteiger partial charge in [0.2, 0.25) is 0 Å². The Kier molecular flexibility index (Phi) is 7.08. The van der Waals surface area contributed by atoms with Crippen LogP contribution in [0.1, 0.15) is 18.1 Å². The average molecular weight is 310 g/mol. The van der Waals surface area contributed by atoms with Crippen molar-refractivity contribution in [3.8, 4) is 0 Å². The monoisotopic (exact) mass is 309 g/mol. The molecule has 0 aliphatic heterocycles. The third kappa shape index (κ3) is 5.16. The van der Waals surface area contributed by atoms with Crippen LogP contribution < -0.4 is 0 Å². The fraction of sp³-hybridized carbons (Fsp3) is 0.294. The Morgan fingerprint density at radius 2 is 1.55 bits per heavy atom. The Bertz CT molecular complexity index is 496. The number of rotatable bonds is 5. The van der Waals surface area contributed by atoms with Gasteiger partial charge in [-0.15, -0.1) is 12.4 Å². The van der Waals surface area contributed by atoms with Gasteiger partial charge in [-0.1, -0.05) is 54.1 Å². The lowest BCUT2D eigenvalue weighted by molar-refractivity contribution is 0.248. The summed E-state index contributed by atoms with van der Waals surface area (Å²) in [6.07, 6.45) is 1.07. The van der Waals surface area contributed by atoms with E-state index >= 15 is 0 Å². The van der Waals surface area contributed by atoms with E-state index in [1.54, 1.807) is 0 Å². The lowest BCUT2D eigenvalue weighted by Crippen LogP contribution is -2.30. The quantitative estimate of drug-likeness (QED) is 0.765. The Hall–Kier alpha value is -1.02. The molecule has 0 aliphatic rings. The molecule has 20 heavy (non-hydrogen) atoms. The van der Waals surface area contributed by atoms with Crippen LogP contribution in [-0.4, -0.2) is 18.0 Å². The number of nitrogens with zero attached hydrogens (tertiary/aromatic N) is 1. The van der Waals surface area contributed by atoms with Crippen molar-refractivity contribution in [2.75, 3.05) is 7.05 Å². The molecular formula is C17H21Cl2N. The molecule has 1 unspecified atom stereocenters. The molecule has 2 rings (SSSR count). The van der Waals surface area contributed by atoms with Crippen LogP contribution in [0.25, 0.3) is 0 Å². The van der Waals surface area contributed by atoms with E-state index < -0.39 is 0 Å². The zero-order valence-electron chi connectivity index (χ0n) is 11.9. The van der Waals surface area contributed by atoms with Gasteiger partial charge in [0.1, 0.15) is 0 Å². The third-order valence-electron chi connectivity index (χ3n) is 3.47. The fourth-order valence-electron chi connectivity index (χ4n) is 2.14. The third-order valence-corrected chi connectivity index (χ3v) is 3.72. The van der Waals surface area contributed by atoms with Gasteiger partial charge in [0.15, 0.2) is 0 Å². The summed E-state index contributed by atoms with van der Waals surface area (Å²) < 4.78 is 0. The molecule has 0 saturated carbocycles. The van der Waals surface area contributed by atoms with Crippen LogP contribution in [-0.2, 0) is 13.0 Å². The molecule has 0 N–H and O–H groups in total. The smallest absolute Gasteiger partial charge is 0.0406 e. The molecule has 0 spiro atoms. The summed E-state index contributed by atoms with van der Waals surface area (Å²) in [6.45, 7) is 3.22. The first-order chi connectivity index (χ1) is 9.15. The lowest BCUT2D eigenvalue weighted by atomic mass is 10.1. The molecule has 0 heterocycles. The van der Waals surface area contributed by atoms with E-state index in [4.69, 9.17) is 11.6 Å². The molecule has 1 nitrogen and oxygen atoms in total. The minimum atomic E-state index is 0. The molecule has 1 atom stereocenters. The number of likely N-dealkylation sites (N-methyl/N-ethyl adjacent to an activating group) is 1. The topological polar surface area (TPSA) is 3.24 Å². The number of halogens is 2. The Labute approximate surface area is 133 Å². The highest BCUT2D eigenvalue weighted by Crippen LogP contribution is 2.13. The van der Waals surface area contributed by atoms with Gasteiger partial charge in [0.05, 0.1) is 0 Å². The first kappa shape index (κ1) is 17.0. The normalized spacial score (nSPS) is 12.0. The zero-order valence-corrected chi connectivity index (χ0v) is 13.5. The molecule has 2 aromatic carbocycles. The predicted octanol–water partition coefficient (Wildman–Crippen LogP) is 4.82. The summed E-state index contributed by atoms with van der Waals surface area (Å²) in [6, 6.07) is 19.2. The first-order valence-electron chi connectivity index (χ1n) is 6.64. The second-order valence-electron chi connectivity index (χ2n) is 5.08. The molecular weight excluding hydrogens is 289 g/mol. The summed E-state index contributed by atoms with van der Waals surface area (Å²) in [5.41, 5.74) is 2.68. The Morgan fingerprint density at radius 3 is 2.15 bits per heavy atom. The van der Waals surface area contributed by atoms with Gasteiger partial charge in [0.25, 0.3) is 0 Å². The highest BCUT2D eigenvalue weighted by atomic mass is 35.5. The van der Waals surface area contributed by atoms with Gasteiger partial charge in [-0.05, 0) is 43.7 Å². The minimum Gasteiger partial charge on any atom is -0.299 e. The van der Waals surface area contributed by atoms with Gasteiger partial charge >= 0.3 is 0 Å². The first-order valence-corrected chi connectivity index (χ1v) is 7.01. The molecule has 0 fully saturated rings. The van der Waals surface area contributed by atoms with Gasteiger partial charge in [-0.3, -0.25) is 4.90 Å². The van der Waals surface area contributed by atoms with Crippen molar-refractivity contribution in [3.05, 3.63) is 70.7 Å². The second kappa shape index (κ2) is 8.31. The Balaban J connectivity index is 0.00000200. The van der Waals surface area contributed by atoms with Crippen LogP contribution >= 0.6 is 24.0 Å². The SMILES string of the molecule is CC(Cc1ccccc1)N(C)Cc1ccc(Cl)cc1.Cl. The van der Waals surface area contributed by atoms with Crippen molar-refractivity contribution in [2.45, 2.75) is 25.9 Å². The molecule has 0 radical (unpaired) electrons. The van der Waals surface area contributed by atoms with Crippen LogP contribution in [0.15, 0.2) is 54.6 Å². The molecule has 3 heteroatoms. The van der Waals surface area contributed by atoms with Crippen LogP contribution in [0.5, 0.6) is 0 Å². The maximum Gasteiger partial charge on any atom is 0.0406 e. The van der Waals surface area contributed by atoms with Crippen LogP contribution in [0.2, 0.25) is 5.02 Å². The summed E-state index contributed by atoms with van der Waals surface area (Å²) in [4.78, 5) is 2.37. The van der Waals surface area contributed by atoms with Gasteiger partial charge in [-0.25, -0.2) is 0 Å². The van der Waals surface area contributed by atoms with Crippen molar-refractivity contribution in [2.24, 2.45) is 0 Å². The summed E-state index contributed by atoms with van der Waals surface area (Å²) in [7, 11) is 2.17. The van der Waals surface area contributed by atoms with E-state index in [0.717, 1.165) is 18.0 Å². The maximum atomic E-state index is 5.90. The number of hydrogen-bond donors (Lipinski definition) is 0. The van der Waals surface area contributed by atoms with E-state index in [0.29, 0.717) is 6.04 Å². The largest absolute Gasteiger partial charge is 0.299 e. The van der Waals surface area contributed by atoms with Crippen molar-refractivity contribution < 1.29 is 0 Å². The van der Waals surface area contributed by atoms with Crippen molar-refractivity contribution in [1.29, 1.82) is 0 Å². The summed E-state index contributed by atoms with van der Waals surface area (Å²) in [5, 5.41) is 0.795. The maximum absolute atomic E-state index is 5.90. The van der Waals surface area contributed by atoms with E-state index in [1.165, 1.54) is 11.1 Å². The van der Waals surface area contributed by atoms with Crippen molar-refractivity contribution in [3.63, 3.8) is 0 Å². The predicted molar refractivity (Wildman–Crippen MR) is 89.8 cm³/mol. The number of hydrogen-bond acceptors (Lipinski definition) is 1. The van der Waals surface area contributed by atoms with Crippen molar-refractivity contribution in [1.82, 2.24) is 4.90 Å². The molecule has 0 bridgehead atoms. The summed E-state index contributed by atoms with van der Waals surface area (Å²) >= 11 is 5.90. The zero-order chi connectivity index (χ0) is 13.7. The van der Waals surface area contributed by atoms with Gasteiger partial charge in [0, 0.05) is 17.6 Å². The molecule has 0 amide bonds. The highest BCUT2D eigenvalue weighted by Gasteiger charge is 2.10. The second-order valence-corrected chi connectivity index (χ2v) is 5.52.